The smallest absolute Gasteiger partial charge is 0.249 e. The molecule has 1 heterocycles. The quantitative estimate of drug-likeness (QED) is 0.430. The zero-order chi connectivity index (χ0) is 20.9. The number of ether oxygens (including phenoxy) is 1. The minimum Gasteiger partial charge on any atom is -0.494 e. The zero-order valence-electron chi connectivity index (χ0n) is 16.6. The van der Waals surface area contributed by atoms with Gasteiger partial charge in [0.25, 0.3) is 0 Å². The number of carbonyl (C=O) groups is 1. The van der Waals surface area contributed by atoms with Crippen LogP contribution in [0, 0.1) is 0 Å². The molecule has 1 saturated carbocycles. The largest absolute Gasteiger partial charge is 0.494 e. The van der Waals surface area contributed by atoms with Gasteiger partial charge >= 0.3 is 0 Å². The number of hydrogen-bond acceptors (Lipinski definition) is 6. The van der Waals surface area contributed by atoms with Gasteiger partial charge in [-0.25, -0.2) is 0 Å². The molecule has 0 spiro atoms. The molecule has 3 aromatic rings. The van der Waals surface area contributed by atoms with Crippen LogP contribution in [-0.2, 0) is 11.3 Å². The highest BCUT2D eigenvalue weighted by Crippen LogP contribution is 2.31. The van der Waals surface area contributed by atoms with Gasteiger partial charge in [0.2, 0.25) is 17.7 Å². The summed E-state index contributed by atoms with van der Waals surface area (Å²) < 4.78 is 11.2. The number of carbonyl (C=O) groups excluding carboxylic acids is 1. The average Bonchev–Trinajstić information content (AvgIpc) is 3.50. The third-order valence-electron chi connectivity index (χ3n) is 4.68. The fourth-order valence-electron chi connectivity index (χ4n) is 3.04. The SMILES string of the molecule is CCOc1ccc(SCC(=O)N(Cc2nnc(-c3ccccc3Cl)o2)C2CC2)cc1. The second-order valence-corrected chi connectivity index (χ2v) is 8.38. The van der Waals surface area contributed by atoms with E-state index in [0.717, 1.165) is 23.5 Å². The molecule has 6 nitrogen and oxygen atoms in total. The predicted octanol–water partition coefficient (Wildman–Crippen LogP) is 5.07. The molecule has 1 amide bonds. The lowest BCUT2D eigenvalue weighted by atomic mass is 10.2. The van der Waals surface area contributed by atoms with Crippen molar-refractivity contribution < 1.29 is 13.9 Å². The number of aromatic nitrogens is 2. The lowest BCUT2D eigenvalue weighted by Crippen LogP contribution is -2.34. The van der Waals surface area contributed by atoms with E-state index < -0.39 is 0 Å². The summed E-state index contributed by atoms with van der Waals surface area (Å²) in [6.07, 6.45) is 2.01. The highest BCUT2D eigenvalue weighted by atomic mass is 35.5. The van der Waals surface area contributed by atoms with Crippen LogP contribution in [0.15, 0.2) is 57.8 Å². The van der Waals surface area contributed by atoms with Gasteiger partial charge in [-0.05, 0) is 56.2 Å². The van der Waals surface area contributed by atoms with Crippen molar-refractivity contribution >= 4 is 29.3 Å². The highest BCUT2D eigenvalue weighted by Gasteiger charge is 2.33. The Kier molecular flexibility index (Phi) is 6.59. The molecule has 30 heavy (non-hydrogen) atoms. The lowest BCUT2D eigenvalue weighted by molar-refractivity contribution is -0.129. The number of thioether (sulfide) groups is 1. The maximum Gasteiger partial charge on any atom is 0.249 e. The summed E-state index contributed by atoms with van der Waals surface area (Å²) in [5.41, 5.74) is 0.688. The van der Waals surface area contributed by atoms with Crippen molar-refractivity contribution in [2.45, 2.75) is 37.2 Å². The number of benzene rings is 2. The van der Waals surface area contributed by atoms with E-state index in [-0.39, 0.29) is 11.9 Å². The van der Waals surface area contributed by atoms with Crippen LogP contribution in [0.4, 0.5) is 0 Å². The highest BCUT2D eigenvalue weighted by molar-refractivity contribution is 8.00. The molecule has 0 radical (unpaired) electrons. The van der Waals surface area contributed by atoms with E-state index >= 15 is 0 Å². The maximum atomic E-state index is 12.9. The lowest BCUT2D eigenvalue weighted by Gasteiger charge is -2.20. The number of hydrogen-bond donors (Lipinski definition) is 0. The van der Waals surface area contributed by atoms with Crippen molar-refractivity contribution in [2.24, 2.45) is 0 Å². The van der Waals surface area contributed by atoms with Crippen LogP contribution in [0.25, 0.3) is 11.5 Å². The van der Waals surface area contributed by atoms with E-state index in [4.69, 9.17) is 20.8 Å². The minimum atomic E-state index is 0.0638. The predicted molar refractivity (Wildman–Crippen MR) is 117 cm³/mol. The van der Waals surface area contributed by atoms with Crippen molar-refractivity contribution in [1.82, 2.24) is 15.1 Å². The van der Waals surface area contributed by atoms with Crippen molar-refractivity contribution in [1.29, 1.82) is 0 Å². The van der Waals surface area contributed by atoms with Gasteiger partial charge in [0.15, 0.2) is 0 Å². The Morgan fingerprint density at radius 3 is 2.67 bits per heavy atom. The fourth-order valence-corrected chi connectivity index (χ4v) is 4.04. The van der Waals surface area contributed by atoms with E-state index in [0.29, 0.717) is 41.3 Å². The summed E-state index contributed by atoms with van der Waals surface area (Å²) in [5.74, 6) is 2.03. The van der Waals surface area contributed by atoms with Gasteiger partial charge in [-0.15, -0.1) is 22.0 Å². The first-order chi connectivity index (χ1) is 14.6. The molecule has 0 aliphatic heterocycles. The Morgan fingerprint density at radius 1 is 1.20 bits per heavy atom. The summed E-state index contributed by atoms with van der Waals surface area (Å²) in [4.78, 5) is 15.7. The van der Waals surface area contributed by atoms with E-state index in [1.807, 2.05) is 54.3 Å². The van der Waals surface area contributed by atoms with Crippen molar-refractivity contribution in [3.63, 3.8) is 0 Å². The van der Waals surface area contributed by atoms with Crippen molar-refractivity contribution in [3.05, 3.63) is 59.4 Å². The fraction of sp³-hybridized carbons (Fsp3) is 0.318. The Bertz CT molecular complexity index is 1000. The Hall–Kier alpha value is -2.51. The first-order valence-corrected chi connectivity index (χ1v) is 11.2. The van der Waals surface area contributed by atoms with E-state index in [1.165, 1.54) is 11.8 Å². The number of rotatable bonds is 9. The third-order valence-corrected chi connectivity index (χ3v) is 6.01. The van der Waals surface area contributed by atoms with Crippen LogP contribution in [-0.4, -0.2) is 39.4 Å². The molecule has 0 atom stereocenters. The van der Waals surface area contributed by atoms with Crippen LogP contribution in [0.1, 0.15) is 25.7 Å². The van der Waals surface area contributed by atoms with Gasteiger partial charge in [0.05, 0.1) is 29.5 Å². The molecular weight excluding hydrogens is 422 g/mol. The second-order valence-electron chi connectivity index (χ2n) is 6.93. The molecule has 8 heteroatoms. The van der Waals surface area contributed by atoms with E-state index in [9.17, 15) is 4.79 Å². The summed E-state index contributed by atoms with van der Waals surface area (Å²) in [6, 6.07) is 15.3. The van der Waals surface area contributed by atoms with Crippen LogP contribution >= 0.6 is 23.4 Å². The van der Waals surface area contributed by atoms with E-state index in [1.54, 1.807) is 6.07 Å². The number of amides is 1. The van der Waals surface area contributed by atoms with E-state index in [2.05, 4.69) is 10.2 Å². The second kappa shape index (κ2) is 9.53. The summed E-state index contributed by atoms with van der Waals surface area (Å²) in [7, 11) is 0. The van der Waals surface area contributed by atoms with Crippen LogP contribution < -0.4 is 4.74 Å². The molecule has 0 bridgehead atoms. The molecule has 2 aromatic carbocycles. The molecule has 1 aromatic heterocycles. The number of halogens is 1. The molecule has 1 aliphatic carbocycles. The Morgan fingerprint density at radius 2 is 1.97 bits per heavy atom. The normalized spacial score (nSPS) is 13.3. The first-order valence-electron chi connectivity index (χ1n) is 9.86. The average molecular weight is 444 g/mol. The van der Waals surface area contributed by atoms with Crippen molar-refractivity contribution in [3.8, 4) is 17.2 Å². The monoisotopic (exact) mass is 443 g/mol. The Balaban J connectivity index is 1.38. The van der Waals surface area contributed by atoms with Gasteiger partial charge in [-0.2, -0.15) is 0 Å². The molecule has 0 unspecified atom stereocenters. The van der Waals surface area contributed by atoms with Crippen LogP contribution in [0.3, 0.4) is 0 Å². The minimum absolute atomic E-state index is 0.0638. The van der Waals surface area contributed by atoms with Gasteiger partial charge in [0.1, 0.15) is 5.75 Å². The Labute approximate surface area is 184 Å². The molecule has 4 rings (SSSR count). The molecule has 0 saturated heterocycles. The topological polar surface area (TPSA) is 68.5 Å². The first kappa shape index (κ1) is 20.8. The standard InChI is InChI=1S/C22H22ClN3O3S/c1-2-28-16-9-11-17(12-10-16)30-14-21(27)26(15-7-8-15)13-20-24-25-22(29-20)18-5-3-4-6-19(18)23/h3-6,9-12,15H,2,7-8,13-14H2,1H3. The maximum absolute atomic E-state index is 12.9. The van der Waals surface area contributed by atoms with Crippen LogP contribution in [0.2, 0.25) is 5.02 Å². The van der Waals surface area contributed by atoms with Gasteiger partial charge in [-0.1, -0.05) is 23.7 Å². The van der Waals surface area contributed by atoms with Gasteiger partial charge in [-0.3, -0.25) is 4.79 Å². The number of nitrogens with zero attached hydrogens (tertiary/aromatic N) is 3. The summed E-state index contributed by atoms with van der Waals surface area (Å²) >= 11 is 7.72. The zero-order valence-corrected chi connectivity index (χ0v) is 18.2. The third kappa shape index (κ3) is 5.15. The molecule has 1 fully saturated rings. The van der Waals surface area contributed by atoms with Gasteiger partial charge in [0, 0.05) is 10.9 Å². The molecule has 1 aliphatic rings. The molecular formula is C22H22ClN3O3S. The van der Waals surface area contributed by atoms with Crippen molar-refractivity contribution in [2.75, 3.05) is 12.4 Å². The summed E-state index contributed by atoms with van der Waals surface area (Å²) in [5, 5.41) is 8.77. The van der Waals surface area contributed by atoms with Gasteiger partial charge < -0.3 is 14.1 Å². The molecule has 156 valence electrons. The molecule has 0 N–H and O–H groups in total. The summed E-state index contributed by atoms with van der Waals surface area (Å²) in [6.45, 7) is 2.90. The van der Waals surface area contributed by atoms with Crippen LogP contribution in [0.5, 0.6) is 5.75 Å².